The van der Waals surface area contributed by atoms with Crippen LogP contribution >= 0.6 is 23.2 Å². The molecule has 0 saturated carbocycles. The van der Waals surface area contributed by atoms with Crippen LogP contribution in [0.2, 0.25) is 10.0 Å². The van der Waals surface area contributed by atoms with E-state index in [0.717, 1.165) is 18.8 Å². The molecule has 0 spiro atoms. The first kappa shape index (κ1) is 16.0. The fourth-order valence-corrected chi connectivity index (χ4v) is 2.90. The maximum Gasteiger partial charge on any atom is 0.323 e. The quantitative estimate of drug-likeness (QED) is 0.795. The maximum absolute atomic E-state index is 12.0. The van der Waals surface area contributed by atoms with E-state index in [1.807, 2.05) is 24.3 Å². The molecule has 3 rings (SSSR count). The first-order valence-corrected chi connectivity index (χ1v) is 8.25. The van der Waals surface area contributed by atoms with Crippen LogP contribution in [-0.4, -0.2) is 19.1 Å². The number of urea groups is 1. The zero-order valence-corrected chi connectivity index (χ0v) is 14.0. The molecule has 0 radical (unpaired) electrons. The molecule has 1 fully saturated rings. The second-order valence-corrected chi connectivity index (χ2v) is 6.26. The minimum Gasteiger partial charge on any atom is -0.372 e. The van der Waals surface area contributed by atoms with Crippen LogP contribution < -0.4 is 15.5 Å². The maximum atomic E-state index is 12.0. The van der Waals surface area contributed by atoms with Crippen molar-refractivity contribution in [2.45, 2.75) is 12.8 Å². The van der Waals surface area contributed by atoms with E-state index in [-0.39, 0.29) is 6.03 Å². The number of nitrogens with one attached hydrogen (secondary N) is 2. The van der Waals surface area contributed by atoms with Gasteiger partial charge in [0.2, 0.25) is 0 Å². The standard InChI is InChI=1S/C17H17Cl2N3O/c18-15-8-5-13(11-16(15)19)21-17(23)20-12-3-6-14(7-4-12)22-9-1-2-10-22/h3-8,11H,1-2,9-10H2,(H2,20,21,23). The van der Waals surface area contributed by atoms with E-state index in [9.17, 15) is 4.79 Å². The zero-order valence-electron chi connectivity index (χ0n) is 12.5. The van der Waals surface area contributed by atoms with Gasteiger partial charge in [-0.25, -0.2) is 4.79 Å². The number of hydrogen-bond donors (Lipinski definition) is 2. The summed E-state index contributed by atoms with van der Waals surface area (Å²) in [6.45, 7) is 2.20. The molecule has 0 bridgehead atoms. The Morgan fingerprint density at radius 2 is 1.48 bits per heavy atom. The Balaban J connectivity index is 1.59. The largest absolute Gasteiger partial charge is 0.372 e. The van der Waals surface area contributed by atoms with Crippen LogP contribution in [0.1, 0.15) is 12.8 Å². The predicted octanol–water partition coefficient (Wildman–Crippen LogP) is 5.24. The highest BCUT2D eigenvalue weighted by Crippen LogP contribution is 2.25. The van der Waals surface area contributed by atoms with Gasteiger partial charge in [0, 0.05) is 30.2 Å². The van der Waals surface area contributed by atoms with E-state index in [1.54, 1.807) is 18.2 Å². The normalized spacial score (nSPS) is 13.9. The monoisotopic (exact) mass is 349 g/mol. The number of benzene rings is 2. The van der Waals surface area contributed by atoms with Crippen molar-refractivity contribution in [3.63, 3.8) is 0 Å². The number of amides is 2. The number of hydrogen-bond acceptors (Lipinski definition) is 2. The van der Waals surface area contributed by atoms with E-state index in [4.69, 9.17) is 23.2 Å². The first-order valence-electron chi connectivity index (χ1n) is 7.50. The van der Waals surface area contributed by atoms with Gasteiger partial charge in [-0.05, 0) is 55.3 Å². The highest BCUT2D eigenvalue weighted by molar-refractivity contribution is 6.42. The molecule has 1 aliphatic rings. The molecule has 1 aliphatic heterocycles. The molecule has 2 aromatic rings. The van der Waals surface area contributed by atoms with Gasteiger partial charge in [0.1, 0.15) is 0 Å². The van der Waals surface area contributed by atoms with Crippen LogP contribution in [0, 0.1) is 0 Å². The Bertz CT molecular complexity index is 697. The number of rotatable bonds is 3. The van der Waals surface area contributed by atoms with Crippen molar-refractivity contribution in [2.24, 2.45) is 0 Å². The van der Waals surface area contributed by atoms with Gasteiger partial charge in [-0.15, -0.1) is 0 Å². The van der Waals surface area contributed by atoms with Crippen molar-refractivity contribution < 1.29 is 4.79 Å². The Labute approximate surface area is 145 Å². The lowest BCUT2D eigenvalue weighted by Gasteiger charge is -2.17. The molecular formula is C17H17Cl2N3O. The van der Waals surface area contributed by atoms with E-state index < -0.39 is 0 Å². The summed E-state index contributed by atoms with van der Waals surface area (Å²) in [6.07, 6.45) is 2.48. The summed E-state index contributed by atoms with van der Waals surface area (Å²) in [5.41, 5.74) is 2.52. The summed E-state index contributed by atoms with van der Waals surface area (Å²) >= 11 is 11.8. The van der Waals surface area contributed by atoms with Crippen LogP contribution in [0.15, 0.2) is 42.5 Å². The summed E-state index contributed by atoms with van der Waals surface area (Å²) < 4.78 is 0. The molecule has 0 aromatic heterocycles. The molecule has 23 heavy (non-hydrogen) atoms. The SMILES string of the molecule is O=C(Nc1ccc(N2CCCC2)cc1)Nc1ccc(Cl)c(Cl)c1. The zero-order chi connectivity index (χ0) is 16.2. The van der Waals surface area contributed by atoms with E-state index in [0.29, 0.717) is 15.7 Å². The van der Waals surface area contributed by atoms with Gasteiger partial charge in [-0.2, -0.15) is 0 Å². The van der Waals surface area contributed by atoms with Crippen LogP contribution in [0.3, 0.4) is 0 Å². The number of anilines is 3. The van der Waals surface area contributed by atoms with E-state index >= 15 is 0 Å². The highest BCUT2D eigenvalue weighted by Gasteiger charge is 2.12. The number of halogens is 2. The van der Waals surface area contributed by atoms with Gasteiger partial charge in [0.25, 0.3) is 0 Å². The average Bonchev–Trinajstić information content (AvgIpc) is 3.06. The van der Waals surface area contributed by atoms with Gasteiger partial charge in [-0.3, -0.25) is 0 Å². The Kier molecular flexibility index (Phi) is 4.94. The lowest BCUT2D eigenvalue weighted by molar-refractivity contribution is 0.262. The minimum absolute atomic E-state index is 0.322. The lowest BCUT2D eigenvalue weighted by atomic mass is 10.2. The minimum atomic E-state index is -0.322. The molecule has 6 heteroatoms. The highest BCUT2D eigenvalue weighted by atomic mass is 35.5. The summed E-state index contributed by atoms with van der Waals surface area (Å²) in [4.78, 5) is 14.4. The molecule has 2 N–H and O–H groups in total. The van der Waals surface area contributed by atoms with Gasteiger partial charge in [0.05, 0.1) is 10.0 Å². The number of carbonyl (C=O) groups excluding carboxylic acids is 1. The number of carbonyl (C=O) groups is 1. The third kappa shape index (κ3) is 4.09. The average molecular weight is 350 g/mol. The summed E-state index contributed by atoms with van der Waals surface area (Å²) in [6, 6.07) is 12.5. The smallest absolute Gasteiger partial charge is 0.323 e. The first-order chi connectivity index (χ1) is 11.1. The molecule has 1 heterocycles. The fourth-order valence-electron chi connectivity index (χ4n) is 2.60. The van der Waals surface area contributed by atoms with Gasteiger partial charge < -0.3 is 15.5 Å². The third-order valence-corrected chi connectivity index (χ3v) is 4.51. The molecule has 1 saturated heterocycles. The van der Waals surface area contributed by atoms with Crippen molar-refractivity contribution >= 4 is 46.3 Å². The van der Waals surface area contributed by atoms with Crippen molar-refractivity contribution in [1.29, 1.82) is 0 Å². The molecule has 2 amide bonds. The van der Waals surface area contributed by atoms with Crippen molar-refractivity contribution in [1.82, 2.24) is 0 Å². The Morgan fingerprint density at radius 3 is 2.13 bits per heavy atom. The van der Waals surface area contributed by atoms with Crippen LogP contribution in [0.5, 0.6) is 0 Å². The molecule has 0 unspecified atom stereocenters. The second-order valence-electron chi connectivity index (χ2n) is 5.45. The van der Waals surface area contributed by atoms with Crippen molar-refractivity contribution in [2.75, 3.05) is 28.6 Å². The van der Waals surface area contributed by atoms with E-state index in [1.165, 1.54) is 18.5 Å². The molecule has 0 atom stereocenters. The number of nitrogens with zero attached hydrogens (tertiary/aromatic N) is 1. The summed E-state index contributed by atoms with van der Waals surface area (Å²) in [7, 11) is 0. The molecule has 120 valence electrons. The van der Waals surface area contributed by atoms with Crippen LogP contribution in [0.25, 0.3) is 0 Å². The van der Waals surface area contributed by atoms with Crippen molar-refractivity contribution in [3.8, 4) is 0 Å². The molecular weight excluding hydrogens is 333 g/mol. The van der Waals surface area contributed by atoms with Crippen LogP contribution in [0.4, 0.5) is 21.9 Å². The second kappa shape index (κ2) is 7.11. The topological polar surface area (TPSA) is 44.4 Å². The van der Waals surface area contributed by atoms with E-state index in [2.05, 4.69) is 15.5 Å². The van der Waals surface area contributed by atoms with Gasteiger partial charge in [0.15, 0.2) is 0 Å². The predicted molar refractivity (Wildman–Crippen MR) is 97.0 cm³/mol. The third-order valence-electron chi connectivity index (χ3n) is 3.77. The Morgan fingerprint density at radius 1 is 0.870 bits per heavy atom. The van der Waals surface area contributed by atoms with Crippen LogP contribution in [-0.2, 0) is 0 Å². The lowest BCUT2D eigenvalue weighted by Crippen LogP contribution is -2.20. The van der Waals surface area contributed by atoms with Crippen molar-refractivity contribution in [3.05, 3.63) is 52.5 Å². The molecule has 4 nitrogen and oxygen atoms in total. The summed E-state index contributed by atoms with van der Waals surface area (Å²) in [5.74, 6) is 0. The van der Waals surface area contributed by atoms with Gasteiger partial charge >= 0.3 is 6.03 Å². The Hall–Kier alpha value is -1.91. The van der Waals surface area contributed by atoms with Gasteiger partial charge in [-0.1, -0.05) is 23.2 Å². The summed E-state index contributed by atoms with van der Waals surface area (Å²) in [5, 5.41) is 6.38. The molecule has 0 aliphatic carbocycles. The molecule has 2 aromatic carbocycles. The fraction of sp³-hybridized carbons (Fsp3) is 0.235.